The molecule has 8 heteroatoms. The van der Waals surface area contributed by atoms with E-state index in [0.29, 0.717) is 18.1 Å². The van der Waals surface area contributed by atoms with Gasteiger partial charge in [0.15, 0.2) is 0 Å². The van der Waals surface area contributed by atoms with E-state index in [9.17, 15) is 13.2 Å². The Bertz CT molecular complexity index is 883. The van der Waals surface area contributed by atoms with Gasteiger partial charge >= 0.3 is 6.03 Å². The maximum Gasteiger partial charge on any atom is 0.315 e. The molecule has 0 aromatic heterocycles. The Morgan fingerprint density at radius 2 is 1.63 bits per heavy atom. The molecule has 30 heavy (non-hydrogen) atoms. The molecule has 0 radical (unpaired) electrons. The topological polar surface area (TPSA) is 78.5 Å². The summed E-state index contributed by atoms with van der Waals surface area (Å²) in [5.74, 6) is 2.31. The Labute approximate surface area is 183 Å². The molecule has 6 nitrogen and oxygen atoms in total. The summed E-state index contributed by atoms with van der Waals surface area (Å²) in [7, 11) is -3.59. The van der Waals surface area contributed by atoms with Crippen LogP contribution in [-0.2, 0) is 10.0 Å². The molecule has 2 N–H and O–H groups in total. The van der Waals surface area contributed by atoms with Gasteiger partial charge in [0.2, 0.25) is 10.0 Å². The number of benzene rings is 1. The highest BCUT2D eigenvalue weighted by molar-refractivity contribution is 7.89. The van der Waals surface area contributed by atoms with Gasteiger partial charge in [-0.1, -0.05) is 11.6 Å². The summed E-state index contributed by atoms with van der Waals surface area (Å²) in [6, 6.07) is 5.95. The zero-order chi connectivity index (χ0) is 20.9. The van der Waals surface area contributed by atoms with E-state index < -0.39 is 10.0 Å². The molecule has 5 fully saturated rings. The quantitative estimate of drug-likeness (QED) is 0.731. The molecule has 4 aliphatic carbocycles. The van der Waals surface area contributed by atoms with E-state index in [-0.39, 0.29) is 22.5 Å². The number of urea groups is 1. The number of carbonyl (C=O) groups excluding carboxylic acids is 1. The number of nitrogens with one attached hydrogen (secondary N) is 2. The summed E-state index contributed by atoms with van der Waals surface area (Å²) < 4.78 is 27.4. The number of rotatable bonds is 4. The smallest absolute Gasteiger partial charge is 0.315 e. The zero-order valence-corrected chi connectivity index (χ0v) is 18.7. The summed E-state index contributed by atoms with van der Waals surface area (Å²) in [5.41, 5.74) is -0.0391. The van der Waals surface area contributed by atoms with Gasteiger partial charge in [0.25, 0.3) is 0 Å². The summed E-state index contributed by atoms with van der Waals surface area (Å²) in [4.78, 5) is 13.1. The first-order valence-corrected chi connectivity index (χ1v) is 13.0. The SMILES string of the molecule is O=C(NC1CCCN(S(=O)(=O)c2ccc(Cl)cc2)C1)NC12CC3CC(CC(C3)C1)C2. The molecule has 1 atom stereocenters. The molecule has 1 unspecified atom stereocenters. The predicted molar refractivity (Wildman–Crippen MR) is 116 cm³/mol. The van der Waals surface area contributed by atoms with Gasteiger partial charge in [-0.05, 0) is 93.4 Å². The van der Waals surface area contributed by atoms with Crippen LogP contribution in [0.15, 0.2) is 29.2 Å². The number of amides is 2. The Hall–Kier alpha value is -1.31. The molecule has 164 valence electrons. The summed E-state index contributed by atoms with van der Waals surface area (Å²) in [6.07, 6.45) is 8.85. The molecule has 4 bridgehead atoms. The van der Waals surface area contributed by atoms with Crippen molar-refractivity contribution in [1.29, 1.82) is 0 Å². The first-order valence-electron chi connectivity index (χ1n) is 11.2. The van der Waals surface area contributed by atoms with Gasteiger partial charge in [-0.25, -0.2) is 13.2 Å². The van der Waals surface area contributed by atoms with Crippen molar-refractivity contribution >= 4 is 27.7 Å². The number of hydrogen-bond donors (Lipinski definition) is 2. The number of carbonyl (C=O) groups is 1. The molecule has 1 aromatic rings. The van der Waals surface area contributed by atoms with Gasteiger partial charge in [0.1, 0.15) is 0 Å². The third-order valence-electron chi connectivity index (χ3n) is 7.59. The van der Waals surface area contributed by atoms with E-state index in [1.54, 1.807) is 12.1 Å². The highest BCUT2D eigenvalue weighted by Gasteiger charge is 2.51. The number of nitrogens with zero attached hydrogens (tertiary/aromatic N) is 1. The fourth-order valence-electron chi connectivity index (χ4n) is 6.76. The Kier molecular flexibility index (Phi) is 5.27. The van der Waals surface area contributed by atoms with E-state index in [2.05, 4.69) is 10.6 Å². The Morgan fingerprint density at radius 1 is 1.03 bits per heavy atom. The minimum atomic E-state index is -3.59. The average Bonchev–Trinajstić information content (AvgIpc) is 2.67. The predicted octanol–water partition coefficient (Wildman–Crippen LogP) is 3.76. The lowest BCUT2D eigenvalue weighted by Crippen LogP contribution is -2.63. The van der Waals surface area contributed by atoms with E-state index >= 15 is 0 Å². The molecule has 1 saturated heterocycles. The lowest BCUT2D eigenvalue weighted by molar-refractivity contribution is -0.0137. The van der Waals surface area contributed by atoms with Gasteiger partial charge in [-0.3, -0.25) is 0 Å². The maximum absolute atomic E-state index is 13.0. The van der Waals surface area contributed by atoms with E-state index in [1.807, 2.05) is 0 Å². The highest BCUT2D eigenvalue weighted by atomic mass is 35.5. The molecule has 5 aliphatic rings. The van der Waals surface area contributed by atoms with Crippen molar-refractivity contribution in [2.45, 2.75) is 67.8 Å². The van der Waals surface area contributed by atoms with Crippen molar-refractivity contribution in [3.8, 4) is 0 Å². The summed E-state index contributed by atoms with van der Waals surface area (Å²) in [6.45, 7) is 0.777. The van der Waals surface area contributed by atoms with Crippen LogP contribution in [0.5, 0.6) is 0 Å². The van der Waals surface area contributed by atoms with Crippen LogP contribution in [0.2, 0.25) is 5.02 Å². The number of sulfonamides is 1. The molecule has 1 aliphatic heterocycles. The van der Waals surface area contributed by atoms with E-state index in [1.165, 1.54) is 35.7 Å². The molecule has 6 rings (SSSR count). The van der Waals surface area contributed by atoms with Gasteiger partial charge in [-0.15, -0.1) is 0 Å². The van der Waals surface area contributed by atoms with Crippen molar-refractivity contribution < 1.29 is 13.2 Å². The van der Waals surface area contributed by atoms with Crippen LogP contribution in [0.1, 0.15) is 51.4 Å². The van der Waals surface area contributed by atoms with Crippen LogP contribution >= 0.6 is 11.6 Å². The second kappa shape index (κ2) is 7.68. The average molecular weight is 452 g/mol. The normalized spacial score (nSPS) is 35.9. The van der Waals surface area contributed by atoms with Crippen LogP contribution in [0.3, 0.4) is 0 Å². The van der Waals surface area contributed by atoms with Crippen LogP contribution in [0, 0.1) is 17.8 Å². The largest absolute Gasteiger partial charge is 0.334 e. The van der Waals surface area contributed by atoms with Crippen LogP contribution in [0.4, 0.5) is 4.79 Å². The molecule has 2 amide bonds. The minimum Gasteiger partial charge on any atom is -0.334 e. The lowest BCUT2D eigenvalue weighted by atomic mass is 9.53. The molecule has 1 aromatic carbocycles. The first kappa shape index (κ1) is 20.6. The third kappa shape index (κ3) is 3.96. The van der Waals surface area contributed by atoms with Crippen molar-refractivity contribution in [1.82, 2.24) is 14.9 Å². The van der Waals surface area contributed by atoms with E-state index in [4.69, 9.17) is 11.6 Å². The van der Waals surface area contributed by atoms with Crippen molar-refractivity contribution in [3.05, 3.63) is 29.3 Å². The van der Waals surface area contributed by atoms with Gasteiger partial charge in [0.05, 0.1) is 4.90 Å². The van der Waals surface area contributed by atoms with Gasteiger partial charge in [0, 0.05) is 29.7 Å². The van der Waals surface area contributed by atoms with Crippen molar-refractivity contribution in [3.63, 3.8) is 0 Å². The fraction of sp³-hybridized carbons (Fsp3) is 0.682. The van der Waals surface area contributed by atoms with Crippen molar-refractivity contribution in [2.75, 3.05) is 13.1 Å². The van der Waals surface area contributed by atoms with Gasteiger partial charge < -0.3 is 10.6 Å². The fourth-order valence-corrected chi connectivity index (χ4v) is 8.41. The Balaban J connectivity index is 1.21. The van der Waals surface area contributed by atoms with Crippen LogP contribution in [0.25, 0.3) is 0 Å². The highest BCUT2D eigenvalue weighted by Crippen LogP contribution is 2.55. The van der Waals surface area contributed by atoms with Crippen molar-refractivity contribution in [2.24, 2.45) is 17.8 Å². The van der Waals surface area contributed by atoms with Gasteiger partial charge in [-0.2, -0.15) is 4.31 Å². The number of halogens is 1. The molecule has 0 spiro atoms. The standard InChI is InChI=1S/C22H30ClN3O3S/c23-18-3-5-20(6-4-18)30(28,29)26-7-1-2-19(14-26)24-21(27)25-22-11-15-8-16(12-22)10-17(9-15)13-22/h3-6,15-17,19H,1-2,7-14H2,(H2,24,25,27). The maximum atomic E-state index is 13.0. The second-order valence-electron chi connectivity index (χ2n) is 9.95. The molecular weight excluding hydrogens is 422 g/mol. The second-order valence-corrected chi connectivity index (χ2v) is 12.3. The lowest BCUT2D eigenvalue weighted by Gasteiger charge is -2.56. The number of hydrogen-bond acceptors (Lipinski definition) is 3. The molecule has 4 saturated carbocycles. The van der Waals surface area contributed by atoms with Crippen LogP contribution < -0.4 is 10.6 Å². The summed E-state index contributed by atoms with van der Waals surface area (Å²) >= 11 is 5.89. The first-order chi connectivity index (χ1) is 14.3. The number of piperidine rings is 1. The monoisotopic (exact) mass is 451 g/mol. The Morgan fingerprint density at radius 3 is 2.23 bits per heavy atom. The molecule has 1 heterocycles. The minimum absolute atomic E-state index is 0.0391. The van der Waals surface area contributed by atoms with Crippen LogP contribution in [-0.4, -0.2) is 43.4 Å². The van der Waals surface area contributed by atoms with E-state index in [0.717, 1.165) is 49.9 Å². The third-order valence-corrected chi connectivity index (χ3v) is 9.72. The zero-order valence-electron chi connectivity index (χ0n) is 17.1. The molecular formula is C22H30ClN3O3S. The summed E-state index contributed by atoms with van der Waals surface area (Å²) in [5, 5.41) is 6.92.